The Balaban J connectivity index is 1.72. The van der Waals surface area contributed by atoms with Crippen LogP contribution in [0.1, 0.15) is 12.8 Å². The number of hydrogen-bond donors (Lipinski definition) is 2. The Morgan fingerprint density at radius 2 is 2.22 bits per heavy atom. The zero-order valence-electron chi connectivity index (χ0n) is 10.7. The van der Waals surface area contributed by atoms with Crippen molar-refractivity contribution < 1.29 is 0 Å². The predicted octanol–water partition coefficient (Wildman–Crippen LogP) is 1.39. The van der Waals surface area contributed by atoms with Crippen LogP contribution in [0, 0.1) is 5.92 Å². The van der Waals surface area contributed by atoms with Gasteiger partial charge in [0.2, 0.25) is 5.95 Å². The third-order valence-electron chi connectivity index (χ3n) is 3.60. The first kappa shape index (κ1) is 11.5. The van der Waals surface area contributed by atoms with Crippen LogP contribution in [0.3, 0.4) is 0 Å². The van der Waals surface area contributed by atoms with E-state index in [2.05, 4.69) is 32.2 Å². The average Bonchev–Trinajstić information content (AvgIpc) is 2.84. The molecule has 0 radical (unpaired) electrons. The predicted molar refractivity (Wildman–Crippen MR) is 72.8 cm³/mol. The number of piperidine rings is 1. The molecule has 0 bridgehead atoms. The van der Waals surface area contributed by atoms with Gasteiger partial charge in [0.25, 0.3) is 0 Å². The molecule has 1 aliphatic heterocycles. The minimum Gasteiger partial charge on any atom is -0.345 e. The van der Waals surface area contributed by atoms with Gasteiger partial charge in [-0.25, -0.2) is 4.98 Å². The van der Waals surface area contributed by atoms with Crippen LogP contribution < -0.4 is 10.2 Å². The topological polar surface area (TPSA) is 56.8 Å². The third-order valence-corrected chi connectivity index (χ3v) is 3.60. The molecule has 5 heteroatoms. The van der Waals surface area contributed by atoms with E-state index in [1.165, 1.54) is 12.8 Å². The van der Waals surface area contributed by atoms with Gasteiger partial charge >= 0.3 is 0 Å². The molecule has 2 aromatic rings. The molecule has 1 aliphatic rings. The molecule has 3 rings (SSSR count). The Morgan fingerprint density at radius 1 is 1.39 bits per heavy atom. The number of rotatable bonds is 3. The largest absolute Gasteiger partial charge is 0.345 e. The van der Waals surface area contributed by atoms with Crippen LogP contribution in [0.4, 0.5) is 5.95 Å². The molecule has 1 saturated heterocycles. The molecule has 0 unspecified atom stereocenters. The number of hydrogen-bond acceptors (Lipinski definition) is 4. The number of pyridine rings is 1. The Morgan fingerprint density at radius 3 is 3.00 bits per heavy atom. The molecule has 5 nitrogen and oxygen atoms in total. The van der Waals surface area contributed by atoms with Crippen molar-refractivity contribution in [3.63, 3.8) is 0 Å². The first-order chi connectivity index (χ1) is 8.83. The summed E-state index contributed by atoms with van der Waals surface area (Å²) in [6, 6.07) is 3.94. The number of aromatic nitrogens is 3. The first-order valence-electron chi connectivity index (χ1n) is 6.55. The summed E-state index contributed by atoms with van der Waals surface area (Å²) in [5, 5.41) is 3.40. The molecule has 0 aromatic carbocycles. The van der Waals surface area contributed by atoms with Crippen LogP contribution in [0.5, 0.6) is 0 Å². The number of nitrogens with zero attached hydrogens (tertiary/aromatic N) is 3. The summed E-state index contributed by atoms with van der Waals surface area (Å²) < 4.78 is 0. The van der Waals surface area contributed by atoms with E-state index in [1.54, 1.807) is 6.20 Å². The summed E-state index contributed by atoms with van der Waals surface area (Å²) in [5.41, 5.74) is 1.80. The van der Waals surface area contributed by atoms with Crippen LogP contribution in [0.15, 0.2) is 18.3 Å². The van der Waals surface area contributed by atoms with Crippen molar-refractivity contribution >= 4 is 17.1 Å². The maximum atomic E-state index is 4.52. The summed E-state index contributed by atoms with van der Waals surface area (Å²) in [6.07, 6.45) is 4.28. The fraction of sp³-hybridized carbons (Fsp3) is 0.538. The molecule has 0 saturated carbocycles. The molecule has 0 spiro atoms. The highest BCUT2D eigenvalue weighted by atomic mass is 15.2. The van der Waals surface area contributed by atoms with Crippen molar-refractivity contribution in [1.82, 2.24) is 20.3 Å². The molecule has 0 aliphatic carbocycles. The highest BCUT2D eigenvalue weighted by Gasteiger charge is 2.16. The van der Waals surface area contributed by atoms with Gasteiger partial charge in [-0.1, -0.05) is 0 Å². The molecule has 18 heavy (non-hydrogen) atoms. The zero-order valence-corrected chi connectivity index (χ0v) is 10.7. The van der Waals surface area contributed by atoms with E-state index in [0.29, 0.717) is 0 Å². The molecule has 2 aromatic heterocycles. The first-order valence-corrected chi connectivity index (χ1v) is 6.55. The number of imidazole rings is 1. The van der Waals surface area contributed by atoms with E-state index in [1.807, 2.05) is 12.1 Å². The molecule has 96 valence electrons. The zero-order chi connectivity index (χ0) is 12.4. The molecular weight excluding hydrogens is 226 g/mol. The minimum absolute atomic E-state index is 0.762. The van der Waals surface area contributed by atoms with Crippen LogP contribution in [-0.2, 0) is 0 Å². The standard InChI is InChI=1S/C13H19N5/c1-18(9-10-4-7-14-8-5-10)13-16-11-3-2-6-15-12(11)17-13/h2-3,6,10,14H,4-5,7-9H2,1H3,(H,15,16,17). The van der Waals surface area contributed by atoms with Crippen molar-refractivity contribution in [1.29, 1.82) is 0 Å². The van der Waals surface area contributed by atoms with E-state index >= 15 is 0 Å². The quantitative estimate of drug-likeness (QED) is 0.858. The monoisotopic (exact) mass is 245 g/mol. The van der Waals surface area contributed by atoms with Crippen molar-refractivity contribution in [3.05, 3.63) is 18.3 Å². The molecule has 1 fully saturated rings. The van der Waals surface area contributed by atoms with Crippen molar-refractivity contribution in [2.45, 2.75) is 12.8 Å². The fourth-order valence-corrected chi connectivity index (χ4v) is 2.55. The van der Waals surface area contributed by atoms with E-state index in [9.17, 15) is 0 Å². The molecule has 0 atom stereocenters. The SMILES string of the molecule is CN(CC1CCNCC1)c1nc2ncccc2[nH]1. The number of fused-ring (bicyclic) bond motifs is 1. The number of aromatic amines is 1. The summed E-state index contributed by atoms with van der Waals surface area (Å²) in [7, 11) is 2.10. The van der Waals surface area contributed by atoms with E-state index < -0.39 is 0 Å². The number of anilines is 1. The summed E-state index contributed by atoms with van der Waals surface area (Å²) in [5.74, 6) is 1.68. The number of H-pyrrole nitrogens is 1. The van der Waals surface area contributed by atoms with Crippen LogP contribution >= 0.6 is 0 Å². The van der Waals surface area contributed by atoms with Crippen molar-refractivity contribution in [3.8, 4) is 0 Å². The average molecular weight is 245 g/mol. The second-order valence-corrected chi connectivity index (χ2v) is 5.01. The van der Waals surface area contributed by atoms with Crippen molar-refractivity contribution in [2.24, 2.45) is 5.92 Å². The van der Waals surface area contributed by atoms with Gasteiger partial charge in [-0.05, 0) is 44.0 Å². The Kier molecular flexibility index (Phi) is 3.15. The molecular formula is C13H19N5. The Labute approximate surface area is 107 Å². The highest BCUT2D eigenvalue weighted by Crippen LogP contribution is 2.18. The van der Waals surface area contributed by atoms with Gasteiger partial charge < -0.3 is 15.2 Å². The highest BCUT2D eigenvalue weighted by molar-refractivity contribution is 5.72. The lowest BCUT2D eigenvalue weighted by molar-refractivity contribution is 0.377. The van der Waals surface area contributed by atoms with Gasteiger partial charge in [0.15, 0.2) is 5.65 Å². The van der Waals surface area contributed by atoms with Gasteiger partial charge in [0, 0.05) is 19.8 Å². The van der Waals surface area contributed by atoms with Gasteiger partial charge in [0.05, 0.1) is 5.52 Å². The summed E-state index contributed by atoms with van der Waals surface area (Å²) in [6.45, 7) is 3.34. The Hall–Kier alpha value is -1.62. The van der Waals surface area contributed by atoms with Gasteiger partial charge in [-0.2, -0.15) is 4.98 Å². The van der Waals surface area contributed by atoms with Crippen molar-refractivity contribution in [2.75, 3.05) is 31.6 Å². The fourth-order valence-electron chi connectivity index (χ4n) is 2.55. The number of nitrogens with one attached hydrogen (secondary N) is 2. The summed E-state index contributed by atoms with van der Waals surface area (Å²) in [4.78, 5) is 14.3. The smallest absolute Gasteiger partial charge is 0.205 e. The van der Waals surface area contributed by atoms with Gasteiger partial charge in [-0.15, -0.1) is 0 Å². The van der Waals surface area contributed by atoms with Crippen LogP contribution in [-0.4, -0.2) is 41.6 Å². The Bertz CT molecular complexity index is 482. The van der Waals surface area contributed by atoms with Crippen LogP contribution in [0.25, 0.3) is 11.2 Å². The second kappa shape index (κ2) is 4.94. The lowest BCUT2D eigenvalue weighted by Crippen LogP contribution is -2.34. The lowest BCUT2D eigenvalue weighted by Gasteiger charge is -2.27. The van der Waals surface area contributed by atoms with Gasteiger partial charge in [0.1, 0.15) is 0 Å². The third kappa shape index (κ3) is 2.31. The lowest BCUT2D eigenvalue weighted by atomic mass is 9.98. The molecule has 3 heterocycles. The van der Waals surface area contributed by atoms with E-state index in [0.717, 1.165) is 42.7 Å². The van der Waals surface area contributed by atoms with E-state index in [-0.39, 0.29) is 0 Å². The van der Waals surface area contributed by atoms with E-state index in [4.69, 9.17) is 0 Å². The minimum atomic E-state index is 0.762. The second-order valence-electron chi connectivity index (χ2n) is 5.01. The molecule has 2 N–H and O–H groups in total. The summed E-state index contributed by atoms with van der Waals surface area (Å²) >= 11 is 0. The van der Waals surface area contributed by atoms with Crippen LogP contribution in [0.2, 0.25) is 0 Å². The normalized spacial score (nSPS) is 17.2. The molecule has 0 amide bonds. The maximum absolute atomic E-state index is 4.52. The maximum Gasteiger partial charge on any atom is 0.205 e. The van der Waals surface area contributed by atoms with Gasteiger partial charge in [-0.3, -0.25) is 0 Å².